The Morgan fingerprint density at radius 3 is 2.71 bits per heavy atom. The fraction of sp³-hybridized carbons (Fsp3) is 0.455. The van der Waals surface area contributed by atoms with Gasteiger partial charge in [-0.3, -0.25) is 4.72 Å². The summed E-state index contributed by atoms with van der Waals surface area (Å²) in [6, 6.07) is 7.30. The second kappa shape index (κ2) is 6.58. The number of hydrogen-bond acceptors (Lipinski definition) is 3. The molecule has 17 heavy (non-hydrogen) atoms. The predicted molar refractivity (Wildman–Crippen MR) is 70.0 cm³/mol. The first-order chi connectivity index (χ1) is 8.07. The summed E-state index contributed by atoms with van der Waals surface area (Å²) in [7, 11) is -1.60. The van der Waals surface area contributed by atoms with Gasteiger partial charge in [-0.1, -0.05) is 19.1 Å². The van der Waals surface area contributed by atoms with Gasteiger partial charge in [-0.2, -0.15) is 13.1 Å². The molecule has 0 atom stereocenters. The molecule has 0 aliphatic rings. The Kier molecular flexibility index (Phi) is 5.40. The molecule has 1 rings (SSSR count). The van der Waals surface area contributed by atoms with Crippen LogP contribution in [0, 0.1) is 0 Å². The lowest BCUT2D eigenvalue weighted by Gasteiger charge is -2.09. The molecule has 0 spiro atoms. The van der Waals surface area contributed by atoms with E-state index in [1.807, 2.05) is 32.2 Å². The summed E-state index contributed by atoms with van der Waals surface area (Å²) in [5, 5.41) is 3.02. The minimum Gasteiger partial charge on any atom is -0.316 e. The molecule has 0 saturated carbocycles. The average Bonchev–Trinajstić information content (AvgIpc) is 2.27. The lowest BCUT2D eigenvalue weighted by Crippen LogP contribution is -2.30. The zero-order valence-electron chi connectivity index (χ0n) is 10.2. The summed E-state index contributed by atoms with van der Waals surface area (Å²) in [5.74, 6) is 0. The Labute approximate surface area is 103 Å². The number of anilines is 1. The van der Waals surface area contributed by atoms with E-state index in [0.29, 0.717) is 18.8 Å². The summed E-state index contributed by atoms with van der Waals surface area (Å²) < 4.78 is 28.1. The van der Waals surface area contributed by atoms with Crippen LogP contribution in [-0.4, -0.2) is 22.0 Å². The quantitative estimate of drug-likeness (QED) is 0.684. The molecule has 0 radical (unpaired) electrons. The summed E-state index contributed by atoms with van der Waals surface area (Å²) >= 11 is 0. The van der Waals surface area contributed by atoms with Crippen LogP contribution in [0.15, 0.2) is 24.3 Å². The third-order valence-electron chi connectivity index (χ3n) is 2.10. The van der Waals surface area contributed by atoms with Gasteiger partial charge in [0.15, 0.2) is 0 Å². The van der Waals surface area contributed by atoms with Crippen molar-refractivity contribution in [3.63, 3.8) is 0 Å². The average molecular weight is 257 g/mol. The summed E-state index contributed by atoms with van der Waals surface area (Å²) in [4.78, 5) is 0. The van der Waals surface area contributed by atoms with Crippen molar-refractivity contribution in [2.24, 2.45) is 0 Å². The topological polar surface area (TPSA) is 70.2 Å². The highest BCUT2D eigenvalue weighted by atomic mass is 32.2. The highest BCUT2D eigenvalue weighted by molar-refractivity contribution is 7.90. The smallest absolute Gasteiger partial charge is 0.299 e. The Morgan fingerprint density at radius 1 is 1.29 bits per heavy atom. The molecule has 96 valence electrons. The van der Waals surface area contributed by atoms with Gasteiger partial charge in [0.2, 0.25) is 0 Å². The summed E-state index contributed by atoms with van der Waals surface area (Å²) in [6.45, 7) is 3.06. The predicted octanol–water partition coefficient (Wildman–Crippen LogP) is 1.06. The Balaban J connectivity index is 2.70. The third-order valence-corrected chi connectivity index (χ3v) is 3.19. The van der Waals surface area contributed by atoms with Crippen LogP contribution >= 0.6 is 0 Å². The van der Waals surface area contributed by atoms with Crippen LogP contribution in [0.2, 0.25) is 0 Å². The standard InChI is InChI=1S/C11H19N3O2S/c1-3-7-13-17(15,16)14-11-6-4-5-10(8-11)9-12-2/h4-6,8,12-14H,3,7,9H2,1-2H3. The van der Waals surface area contributed by atoms with Crippen molar-refractivity contribution >= 4 is 15.9 Å². The zero-order chi connectivity index (χ0) is 12.7. The largest absolute Gasteiger partial charge is 0.316 e. The van der Waals surface area contributed by atoms with Crippen molar-refractivity contribution in [1.82, 2.24) is 10.0 Å². The first-order valence-corrected chi connectivity index (χ1v) is 7.06. The van der Waals surface area contributed by atoms with Crippen LogP contribution in [0.3, 0.4) is 0 Å². The fourth-order valence-corrected chi connectivity index (χ4v) is 2.36. The van der Waals surface area contributed by atoms with Gasteiger partial charge in [0.25, 0.3) is 10.2 Å². The highest BCUT2D eigenvalue weighted by Crippen LogP contribution is 2.11. The van der Waals surface area contributed by atoms with Gasteiger partial charge < -0.3 is 5.32 Å². The molecule has 1 aromatic carbocycles. The van der Waals surface area contributed by atoms with E-state index in [0.717, 1.165) is 12.0 Å². The van der Waals surface area contributed by atoms with Crippen molar-refractivity contribution in [3.05, 3.63) is 29.8 Å². The SMILES string of the molecule is CCCNS(=O)(=O)Nc1cccc(CNC)c1. The molecular weight excluding hydrogens is 238 g/mol. The van der Waals surface area contributed by atoms with Crippen LogP contribution in [0.4, 0.5) is 5.69 Å². The van der Waals surface area contributed by atoms with E-state index in [9.17, 15) is 8.42 Å². The Hall–Kier alpha value is -1.11. The van der Waals surface area contributed by atoms with Gasteiger partial charge in [0, 0.05) is 13.1 Å². The molecule has 0 aliphatic heterocycles. The van der Waals surface area contributed by atoms with Crippen molar-refractivity contribution in [2.75, 3.05) is 18.3 Å². The van der Waals surface area contributed by atoms with Crippen LogP contribution in [-0.2, 0) is 16.8 Å². The van der Waals surface area contributed by atoms with E-state index >= 15 is 0 Å². The second-order valence-corrected chi connectivity index (χ2v) is 5.23. The van der Waals surface area contributed by atoms with Crippen molar-refractivity contribution in [3.8, 4) is 0 Å². The van der Waals surface area contributed by atoms with Gasteiger partial charge in [0.1, 0.15) is 0 Å². The maximum atomic E-state index is 11.6. The number of nitrogens with one attached hydrogen (secondary N) is 3. The molecule has 0 amide bonds. The van der Waals surface area contributed by atoms with E-state index < -0.39 is 10.2 Å². The molecule has 0 aliphatic carbocycles. The van der Waals surface area contributed by atoms with Crippen LogP contribution in [0.1, 0.15) is 18.9 Å². The van der Waals surface area contributed by atoms with E-state index in [2.05, 4.69) is 14.8 Å². The minimum atomic E-state index is -3.45. The molecule has 1 aromatic rings. The molecule has 0 bridgehead atoms. The van der Waals surface area contributed by atoms with Crippen LogP contribution < -0.4 is 14.8 Å². The maximum absolute atomic E-state index is 11.6. The number of benzene rings is 1. The fourth-order valence-electron chi connectivity index (χ4n) is 1.38. The summed E-state index contributed by atoms with van der Waals surface area (Å²) in [6.07, 6.45) is 0.765. The van der Waals surface area contributed by atoms with Crippen LogP contribution in [0.25, 0.3) is 0 Å². The molecule has 0 saturated heterocycles. The van der Waals surface area contributed by atoms with Gasteiger partial charge in [-0.25, -0.2) is 0 Å². The lowest BCUT2D eigenvalue weighted by atomic mass is 10.2. The molecule has 0 unspecified atom stereocenters. The second-order valence-electron chi connectivity index (χ2n) is 3.73. The molecule has 0 aromatic heterocycles. The van der Waals surface area contributed by atoms with E-state index in [1.165, 1.54) is 0 Å². The van der Waals surface area contributed by atoms with E-state index in [-0.39, 0.29) is 0 Å². The van der Waals surface area contributed by atoms with Crippen molar-refractivity contribution < 1.29 is 8.42 Å². The number of hydrogen-bond donors (Lipinski definition) is 3. The van der Waals surface area contributed by atoms with Crippen molar-refractivity contribution in [2.45, 2.75) is 19.9 Å². The summed E-state index contributed by atoms with van der Waals surface area (Å²) in [5.41, 5.74) is 1.60. The molecular formula is C11H19N3O2S. The highest BCUT2D eigenvalue weighted by Gasteiger charge is 2.08. The third kappa shape index (κ3) is 5.16. The van der Waals surface area contributed by atoms with Gasteiger partial charge in [-0.05, 0) is 31.2 Å². The van der Waals surface area contributed by atoms with E-state index in [1.54, 1.807) is 6.07 Å². The van der Waals surface area contributed by atoms with Gasteiger partial charge >= 0.3 is 0 Å². The number of rotatable bonds is 7. The zero-order valence-corrected chi connectivity index (χ0v) is 11.0. The minimum absolute atomic E-state index is 0.436. The van der Waals surface area contributed by atoms with Crippen molar-refractivity contribution in [1.29, 1.82) is 0 Å². The van der Waals surface area contributed by atoms with Crippen LogP contribution in [0.5, 0.6) is 0 Å². The Morgan fingerprint density at radius 2 is 2.06 bits per heavy atom. The monoisotopic (exact) mass is 257 g/mol. The van der Waals surface area contributed by atoms with E-state index in [4.69, 9.17) is 0 Å². The maximum Gasteiger partial charge on any atom is 0.299 e. The molecule has 3 N–H and O–H groups in total. The first-order valence-electron chi connectivity index (χ1n) is 5.58. The van der Waals surface area contributed by atoms with Gasteiger partial charge in [0.05, 0.1) is 5.69 Å². The first kappa shape index (κ1) is 14.0. The molecule has 0 heterocycles. The Bertz CT molecular complexity index is 446. The normalized spacial score (nSPS) is 11.4. The molecule has 6 heteroatoms. The molecule has 0 fully saturated rings. The molecule has 5 nitrogen and oxygen atoms in total. The lowest BCUT2D eigenvalue weighted by molar-refractivity contribution is 0.586. The van der Waals surface area contributed by atoms with Gasteiger partial charge in [-0.15, -0.1) is 0 Å².